The Kier molecular flexibility index (Phi) is 5.58. The number of hydrogen-bond acceptors (Lipinski definition) is 3. The SMILES string of the molecule is CCCNc1nc(Sc2ccccc2C)c(Cl)cc1Cl. The van der Waals surface area contributed by atoms with Crippen LogP contribution < -0.4 is 5.32 Å². The zero-order chi connectivity index (χ0) is 14.5. The minimum Gasteiger partial charge on any atom is -0.369 e. The van der Waals surface area contributed by atoms with Crippen molar-refractivity contribution in [3.63, 3.8) is 0 Å². The second-order valence-corrected chi connectivity index (χ2v) is 6.25. The van der Waals surface area contributed by atoms with Crippen LogP contribution in [0.4, 0.5) is 5.82 Å². The van der Waals surface area contributed by atoms with Gasteiger partial charge in [0.25, 0.3) is 0 Å². The van der Waals surface area contributed by atoms with Crippen molar-refractivity contribution in [1.82, 2.24) is 4.98 Å². The minimum absolute atomic E-state index is 0.553. The van der Waals surface area contributed by atoms with Gasteiger partial charge >= 0.3 is 0 Å². The minimum atomic E-state index is 0.553. The van der Waals surface area contributed by atoms with Crippen LogP contribution in [0.2, 0.25) is 10.0 Å². The molecule has 0 amide bonds. The van der Waals surface area contributed by atoms with Gasteiger partial charge in [0, 0.05) is 11.4 Å². The molecule has 20 heavy (non-hydrogen) atoms. The third-order valence-electron chi connectivity index (χ3n) is 2.74. The summed E-state index contributed by atoms with van der Waals surface area (Å²) in [6, 6.07) is 9.91. The first-order valence-corrected chi connectivity index (χ1v) is 8.02. The summed E-state index contributed by atoms with van der Waals surface area (Å²) >= 11 is 14.0. The van der Waals surface area contributed by atoms with Gasteiger partial charge in [-0.05, 0) is 31.0 Å². The quantitative estimate of drug-likeness (QED) is 0.766. The Labute approximate surface area is 133 Å². The summed E-state index contributed by atoms with van der Waals surface area (Å²) in [5.41, 5.74) is 1.20. The largest absolute Gasteiger partial charge is 0.369 e. The van der Waals surface area contributed by atoms with Crippen molar-refractivity contribution in [2.24, 2.45) is 0 Å². The molecular formula is C15H16Cl2N2S. The monoisotopic (exact) mass is 326 g/mol. The number of rotatable bonds is 5. The highest BCUT2D eigenvalue weighted by Gasteiger charge is 2.11. The molecule has 2 aromatic rings. The maximum atomic E-state index is 6.24. The summed E-state index contributed by atoms with van der Waals surface area (Å²) < 4.78 is 0. The van der Waals surface area contributed by atoms with E-state index >= 15 is 0 Å². The highest BCUT2D eigenvalue weighted by atomic mass is 35.5. The van der Waals surface area contributed by atoms with E-state index in [0.717, 1.165) is 22.9 Å². The van der Waals surface area contributed by atoms with Gasteiger partial charge in [0.15, 0.2) is 0 Å². The molecule has 1 heterocycles. The number of nitrogens with zero attached hydrogens (tertiary/aromatic N) is 1. The fourth-order valence-electron chi connectivity index (χ4n) is 1.66. The molecule has 0 saturated heterocycles. The molecule has 5 heteroatoms. The average Bonchev–Trinajstić information content (AvgIpc) is 2.43. The maximum Gasteiger partial charge on any atom is 0.146 e. The summed E-state index contributed by atoms with van der Waals surface area (Å²) in [6.07, 6.45) is 1.01. The van der Waals surface area contributed by atoms with Crippen LogP contribution in [-0.4, -0.2) is 11.5 Å². The van der Waals surface area contributed by atoms with Crippen molar-refractivity contribution in [3.8, 4) is 0 Å². The van der Waals surface area contributed by atoms with E-state index in [2.05, 4.69) is 36.3 Å². The Morgan fingerprint density at radius 1 is 1.20 bits per heavy atom. The second-order valence-electron chi connectivity index (χ2n) is 4.40. The van der Waals surface area contributed by atoms with E-state index in [4.69, 9.17) is 23.2 Å². The van der Waals surface area contributed by atoms with Crippen molar-refractivity contribution in [2.45, 2.75) is 30.2 Å². The van der Waals surface area contributed by atoms with E-state index in [1.165, 1.54) is 5.56 Å². The first-order valence-electron chi connectivity index (χ1n) is 6.45. The van der Waals surface area contributed by atoms with Gasteiger partial charge in [-0.1, -0.05) is 60.1 Å². The van der Waals surface area contributed by atoms with E-state index in [-0.39, 0.29) is 0 Å². The number of anilines is 1. The lowest BCUT2D eigenvalue weighted by Crippen LogP contribution is -2.03. The lowest BCUT2D eigenvalue weighted by Gasteiger charge is -2.11. The third-order valence-corrected chi connectivity index (χ3v) is 4.61. The van der Waals surface area contributed by atoms with E-state index in [9.17, 15) is 0 Å². The number of nitrogens with one attached hydrogen (secondary N) is 1. The van der Waals surface area contributed by atoms with Crippen LogP contribution in [0.3, 0.4) is 0 Å². The smallest absolute Gasteiger partial charge is 0.146 e. The van der Waals surface area contributed by atoms with Crippen LogP contribution in [0.5, 0.6) is 0 Å². The molecule has 0 aliphatic carbocycles. The summed E-state index contributed by atoms with van der Waals surface area (Å²) in [4.78, 5) is 5.68. The molecule has 1 N–H and O–H groups in total. The molecule has 0 atom stereocenters. The summed E-state index contributed by atoms with van der Waals surface area (Å²) in [5.74, 6) is 0.689. The van der Waals surface area contributed by atoms with E-state index in [1.807, 2.05) is 12.1 Å². The number of hydrogen-bond donors (Lipinski definition) is 1. The van der Waals surface area contributed by atoms with Crippen LogP contribution in [0, 0.1) is 6.92 Å². The highest BCUT2D eigenvalue weighted by molar-refractivity contribution is 7.99. The molecule has 0 fully saturated rings. The predicted molar refractivity (Wildman–Crippen MR) is 88.3 cm³/mol. The number of benzene rings is 1. The molecule has 2 nitrogen and oxygen atoms in total. The lowest BCUT2D eigenvalue weighted by molar-refractivity contribution is 0.960. The van der Waals surface area contributed by atoms with Crippen molar-refractivity contribution < 1.29 is 0 Å². The molecule has 1 aromatic carbocycles. The molecule has 0 aliphatic rings. The Hall–Kier alpha value is -0.900. The summed E-state index contributed by atoms with van der Waals surface area (Å²) in [7, 11) is 0. The normalized spacial score (nSPS) is 10.6. The highest BCUT2D eigenvalue weighted by Crippen LogP contribution is 2.36. The number of halogens is 2. The van der Waals surface area contributed by atoms with Gasteiger partial charge in [0.1, 0.15) is 10.8 Å². The van der Waals surface area contributed by atoms with Crippen LogP contribution in [0.25, 0.3) is 0 Å². The van der Waals surface area contributed by atoms with Crippen molar-refractivity contribution in [3.05, 3.63) is 45.9 Å². The molecule has 0 bridgehead atoms. The van der Waals surface area contributed by atoms with Crippen molar-refractivity contribution >= 4 is 40.8 Å². The first-order chi connectivity index (χ1) is 9.61. The summed E-state index contributed by atoms with van der Waals surface area (Å²) in [6.45, 7) is 5.00. The second kappa shape index (κ2) is 7.21. The van der Waals surface area contributed by atoms with E-state index < -0.39 is 0 Å². The molecular weight excluding hydrogens is 311 g/mol. The summed E-state index contributed by atoms with van der Waals surface area (Å²) in [5, 5.41) is 5.11. The topological polar surface area (TPSA) is 24.9 Å². The number of pyridine rings is 1. The van der Waals surface area contributed by atoms with Crippen molar-refractivity contribution in [1.29, 1.82) is 0 Å². The molecule has 0 saturated carbocycles. The van der Waals surface area contributed by atoms with Crippen molar-refractivity contribution in [2.75, 3.05) is 11.9 Å². The van der Waals surface area contributed by atoms with Gasteiger partial charge in [-0.25, -0.2) is 4.98 Å². The molecule has 2 rings (SSSR count). The molecule has 0 unspecified atom stereocenters. The number of aromatic nitrogens is 1. The Morgan fingerprint density at radius 3 is 2.65 bits per heavy atom. The van der Waals surface area contributed by atoms with Crippen LogP contribution in [0.1, 0.15) is 18.9 Å². The zero-order valence-corrected chi connectivity index (χ0v) is 13.7. The van der Waals surface area contributed by atoms with Gasteiger partial charge in [-0.3, -0.25) is 0 Å². The third kappa shape index (κ3) is 3.81. The predicted octanol–water partition coefficient (Wildman–Crippen LogP) is 5.67. The molecule has 106 valence electrons. The van der Waals surface area contributed by atoms with Gasteiger partial charge in [0.05, 0.1) is 10.0 Å². The molecule has 1 aromatic heterocycles. The Balaban J connectivity index is 2.29. The molecule has 0 aliphatic heterocycles. The Morgan fingerprint density at radius 2 is 1.95 bits per heavy atom. The fourth-order valence-corrected chi connectivity index (χ4v) is 3.08. The zero-order valence-electron chi connectivity index (χ0n) is 11.4. The lowest BCUT2D eigenvalue weighted by atomic mass is 10.2. The average molecular weight is 327 g/mol. The Bertz CT molecular complexity index is 602. The van der Waals surface area contributed by atoms with E-state index in [1.54, 1.807) is 17.8 Å². The van der Waals surface area contributed by atoms with Crippen LogP contribution in [-0.2, 0) is 0 Å². The van der Waals surface area contributed by atoms with Gasteiger partial charge in [-0.15, -0.1) is 0 Å². The van der Waals surface area contributed by atoms with Crippen LogP contribution >= 0.6 is 35.0 Å². The van der Waals surface area contributed by atoms with Gasteiger partial charge < -0.3 is 5.32 Å². The van der Waals surface area contributed by atoms with Gasteiger partial charge in [0.2, 0.25) is 0 Å². The van der Waals surface area contributed by atoms with Gasteiger partial charge in [-0.2, -0.15) is 0 Å². The fraction of sp³-hybridized carbons (Fsp3) is 0.267. The molecule has 0 radical (unpaired) electrons. The van der Waals surface area contributed by atoms with Crippen LogP contribution in [0.15, 0.2) is 40.3 Å². The first kappa shape index (κ1) is 15.5. The van der Waals surface area contributed by atoms with E-state index in [0.29, 0.717) is 15.9 Å². The molecule has 0 spiro atoms. The maximum absolute atomic E-state index is 6.24. The standard InChI is InChI=1S/C15H16Cl2N2S/c1-3-8-18-14-11(16)9-12(17)15(19-14)20-13-7-5-4-6-10(13)2/h4-7,9H,3,8H2,1-2H3,(H,18,19). The number of aryl methyl sites for hydroxylation is 1.